The van der Waals surface area contributed by atoms with E-state index < -0.39 is 10.0 Å². The van der Waals surface area contributed by atoms with E-state index in [1.807, 2.05) is 45.0 Å². The average molecular weight is 343 g/mol. The minimum atomic E-state index is -3.61. The largest absolute Gasteiger partial charge is 0.266 e. The Morgan fingerprint density at radius 3 is 2.25 bits per heavy atom. The SMILES string of the molecule is C=Cc1ccc(S(=O)(=O)N(CC(C)C)c2ccccc2CC)cc1. The van der Waals surface area contributed by atoms with Crippen LogP contribution in [0.15, 0.2) is 60.0 Å². The minimum absolute atomic E-state index is 0.220. The van der Waals surface area contributed by atoms with Crippen LogP contribution < -0.4 is 4.31 Å². The Morgan fingerprint density at radius 1 is 1.08 bits per heavy atom. The van der Waals surface area contributed by atoms with E-state index in [0.29, 0.717) is 11.4 Å². The Kier molecular flexibility index (Phi) is 5.84. The lowest BCUT2D eigenvalue weighted by Crippen LogP contribution is -2.35. The highest BCUT2D eigenvalue weighted by atomic mass is 32.2. The zero-order valence-corrected chi connectivity index (χ0v) is 15.4. The van der Waals surface area contributed by atoms with Crippen molar-refractivity contribution in [3.8, 4) is 0 Å². The van der Waals surface area contributed by atoms with Crippen LogP contribution >= 0.6 is 0 Å². The summed E-state index contributed by atoms with van der Waals surface area (Å²) in [5, 5.41) is 0. The number of benzene rings is 2. The van der Waals surface area contributed by atoms with Gasteiger partial charge in [0.1, 0.15) is 0 Å². The molecule has 0 aromatic heterocycles. The van der Waals surface area contributed by atoms with E-state index in [0.717, 1.165) is 23.2 Å². The summed E-state index contributed by atoms with van der Waals surface area (Å²) >= 11 is 0. The van der Waals surface area contributed by atoms with Crippen molar-refractivity contribution >= 4 is 21.8 Å². The van der Waals surface area contributed by atoms with E-state index in [2.05, 4.69) is 6.58 Å². The third-order valence-corrected chi connectivity index (χ3v) is 5.67. The first-order valence-corrected chi connectivity index (χ1v) is 9.67. The summed E-state index contributed by atoms with van der Waals surface area (Å²) in [6.45, 7) is 10.2. The van der Waals surface area contributed by atoms with E-state index in [9.17, 15) is 8.42 Å². The number of nitrogens with zero attached hydrogens (tertiary/aromatic N) is 1. The van der Waals surface area contributed by atoms with Gasteiger partial charge in [0, 0.05) is 6.54 Å². The fourth-order valence-electron chi connectivity index (χ4n) is 2.61. The van der Waals surface area contributed by atoms with Gasteiger partial charge in [-0.2, -0.15) is 0 Å². The second-order valence-corrected chi connectivity index (χ2v) is 8.05. The number of anilines is 1. The molecule has 2 aromatic carbocycles. The number of sulfonamides is 1. The molecule has 0 N–H and O–H groups in total. The van der Waals surface area contributed by atoms with Crippen LogP contribution in [0.25, 0.3) is 6.08 Å². The molecule has 0 aliphatic rings. The van der Waals surface area contributed by atoms with Crippen molar-refractivity contribution in [1.82, 2.24) is 0 Å². The molecule has 0 aliphatic heterocycles. The molecule has 3 nitrogen and oxygen atoms in total. The molecule has 0 saturated heterocycles. The highest BCUT2D eigenvalue weighted by Crippen LogP contribution is 2.28. The van der Waals surface area contributed by atoms with Crippen LogP contribution in [0.3, 0.4) is 0 Å². The molecule has 0 heterocycles. The molecule has 0 atom stereocenters. The highest BCUT2D eigenvalue weighted by molar-refractivity contribution is 7.92. The molecule has 2 aromatic rings. The van der Waals surface area contributed by atoms with E-state index in [-0.39, 0.29) is 5.92 Å². The molecule has 2 rings (SSSR count). The van der Waals surface area contributed by atoms with Crippen molar-refractivity contribution in [1.29, 1.82) is 0 Å². The van der Waals surface area contributed by atoms with Crippen LogP contribution in [0.4, 0.5) is 5.69 Å². The number of para-hydroxylation sites is 1. The predicted octanol–water partition coefficient (Wildman–Crippen LogP) is 4.74. The summed E-state index contributed by atoms with van der Waals surface area (Å²) in [5.74, 6) is 0.220. The zero-order chi connectivity index (χ0) is 17.7. The fourth-order valence-corrected chi connectivity index (χ4v) is 4.28. The van der Waals surface area contributed by atoms with Crippen LogP contribution in [-0.4, -0.2) is 15.0 Å². The lowest BCUT2D eigenvalue weighted by molar-refractivity contribution is 0.577. The van der Waals surface area contributed by atoms with E-state index >= 15 is 0 Å². The number of hydrogen-bond donors (Lipinski definition) is 0. The van der Waals surface area contributed by atoms with Gasteiger partial charge >= 0.3 is 0 Å². The van der Waals surface area contributed by atoms with Gasteiger partial charge in [-0.15, -0.1) is 0 Å². The molecular weight excluding hydrogens is 318 g/mol. The van der Waals surface area contributed by atoms with Gasteiger partial charge in [0.05, 0.1) is 10.6 Å². The normalized spacial score (nSPS) is 11.5. The van der Waals surface area contributed by atoms with Gasteiger partial charge in [-0.1, -0.05) is 63.8 Å². The Bertz CT molecular complexity index is 793. The van der Waals surface area contributed by atoms with Crippen LogP contribution in [-0.2, 0) is 16.4 Å². The summed E-state index contributed by atoms with van der Waals surface area (Å²) in [6.07, 6.45) is 2.49. The van der Waals surface area contributed by atoms with E-state index in [1.165, 1.54) is 0 Å². The number of aryl methyl sites for hydroxylation is 1. The summed E-state index contributed by atoms with van der Waals surface area (Å²) in [7, 11) is -3.61. The van der Waals surface area contributed by atoms with Gasteiger partial charge in [-0.05, 0) is 41.7 Å². The molecule has 0 radical (unpaired) electrons. The van der Waals surface area contributed by atoms with Crippen LogP contribution in [0.1, 0.15) is 31.9 Å². The highest BCUT2D eigenvalue weighted by Gasteiger charge is 2.26. The molecule has 0 saturated carbocycles. The van der Waals surface area contributed by atoms with Gasteiger partial charge in [0.2, 0.25) is 0 Å². The summed E-state index contributed by atoms with van der Waals surface area (Å²) in [6, 6.07) is 14.6. The minimum Gasteiger partial charge on any atom is -0.266 e. The zero-order valence-electron chi connectivity index (χ0n) is 14.6. The molecule has 0 unspecified atom stereocenters. The van der Waals surface area contributed by atoms with Crippen molar-refractivity contribution in [3.63, 3.8) is 0 Å². The van der Waals surface area contributed by atoms with Crippen LogP contribution in [0.2, 0.25) is 0 Å². The maximum Gasteiger partial charge on any atom is 0.264 e. The Morgan fingerprint density at radius 2 is 1.71 bits per heavy atom. The first-order chi connectivity index (χ1) is 11.4. The van der Waals surface area contributed by atoms with Gasteiger partial charge < -0.3 is 0 Å². The molecule has 0 bridgehead atoms. The van der Waals surface area contributed by atoms with E-state index in [1.54, 1.807) is 34.6 Å². The molecule has 0 aliphatic carbocycles. The first kappa shape index (κ1) is 18.3. The summed E-state index contributed by atoms with van der Waals surface area (Å²) < 4.78 is 28.0. The third-order valence-electron chi connectivity index (χ3n) is 3.88. The second kappa shape index (κ2) is 7.67. The van der Waals surface area contributed by atoms with Crippen molar-refractivity contribution < 1.29 is 8.42 Å². The van der Waals surface area contributed by atoms with Crippen molar-refractivity contribution in [2.75, 3.05) is 10.8 Å². The molecule has 0 fully saturated rings. The van der Waals surface area contributed by atoms with Crippen LogP contribution in [0, 0.1) is 5.92 Å². The topological polar surface area (TPSA) is 37.4 Å². The maximum absolute atomic E-state index is 13.2. The lowest BCUT2D eigenvalue weighted by atomic mass is 10.1. The molecule has 0 amide bonds. The lowest BCUT2D eigenvalue weighted by Gasteiger charge is -2.28. The number of hydrogen-bond acceptors (Lipinski definition) is 2. The maximum atomic E-state index is 13.2. The molecule has 128 valence electrons. The smallest absolute Gasteiger partial charge is 0.264 e. The first-order valence-electron chi connectivity index (χ1n) is 8.23. The summed E-state index contributed by atoms with van der Waals surface area (Å²) in [4.78, 5) is 0.305. The quantitative estimate of drug-likeness (QED) is 0.728. The van der Waals surface area contributed by atoms with Gasteiger partial charge in [0.25, 0.3) is 10.0 Å². The number of rotatable bonds is 7. The molecule has 24 heavy (non-hydrogen) atoms. The molecule has 0 spiro atoms. The van der Waals surface area contributed by atoms with Crippen molar-refractivity contribution in [2.24, 2.45) is 5.92 Å². The van der Waals surface area contributed by atoms with Gasteiger partial charge in [0.15, 0.2) is 0 Å². The molecule has 4 heteroatoms. The van der Waals surface area contributed by atoms with Gasteiger partial charge in [-0.3, -0.25) is 4.31 Å². The predicted molar refractivity (Wildman–Crippen MR) is 102 cm³/mol. The Labute approximate surface area is 145 Å². The summed E-state index contributed by atoms with van der Waals surface area (Å²) in [5.41, 5.74) is 2.70. The van der Waals surface area contributed by atoms with Crippen molar-refractivity contribution in [2.45, 2.75) is 32.1 Å². The van der Waals surface area contributed by atoms with Crippen molar-refractivity contribution in [3.05, 3.63) is 66.2 Å². The second-order valence-electron chi connectivity index (χ2n) is 6.19. The fraction of sp³-hybridized carbons (Fsp3) is 0.300. The van der Waals surface area contributed by atoms with E-state index in [4.69, 9.17) is 0 Å². The standard InChI is InChI=1S/C20H25NO2S/c1-5-17-11-13-19(14-12-17)24(22,23)21(15-16(3)4)20-10-8-7-9-18(20)6-2/h5,7-14,16H,1,6,15H2,2-4H3. The third kappa shape index (κ3) is 3.88. The molecular formula is C20H25NO2S. The monoisotopic (exact) mass is 343 g/mol. The van der Waals surface area contributed by atoms with Gasteiger partial charge in [-0.25, -0.2) is 8.42 Å². The Hall–Kier alpha value is -2.07. The van der Waals surface area contributed by atoms with Crippen LogP contribution in [0.5, 0.6) is 0 Å². The Balaban J connectivity index is 2.55. The average Bonchev–Trinajstić information content (AvgIpc) is 2.59.